The van der Waals surface area contributed by atoms with Crippen LogP contribution in [0.5, 0.6) is 0 Å². The standard InChI is InChI=1S/C30H49NO4/c1-19(2)28(33)35-22-17-21-9-10-23-24-11-12-27(34-20(3)32)29(24,4)14-13-25(23)30(21,5)26(18-22)31-15-7-6-8-16-31/h19,21-27H,6-18H2,1-5H3/t21-,22-,23-,24-,25-,26?,27-,29-,30-/m0/s1. The summed E-state index contributed by atoms with van der Waals surface area (Å²) < 4.78 is 12.0. The summed E-state index contributed by atoms with van der Waals surface area (Å²) in [6, 6.07) is 0.509. The summed E-state index contributed by atoms with van der Waals surface area (Å²) in [5.41, 5.74) is 0.419. The number of likely N-dealkylation sites (tertiary alicyclic amines) is 1. The topological polar surface area (TPSA) is 55.8 Å². The lowest BCUT2D eigenvalue weighted by molar-refractivity contribution is -0.187. The minimum atomic E-state index is -0.117. The molecule has 0 N–H and O–H groups in total. The van der Waals surface area contributed by atoms with Gasteiger partial charge < -0.3 is 9.47 Å². The highest BCUT2D eigenvalue weighted by atomic mass is 16.5. The van der Waals surface area contributed by atoms with E-state index in [4.69, 9.17) is 9.47 Å². The maximum atomic E-state index is 12.6. The SMILES string of the molecule is CC(=O)O[C@H]1CC[C@H]2[C@@H]3CC[C@H]4C[C@H](OC(=O)C(C)C)CC(N5CCCCC5)[C@]4(C)[C@H]3CC[C@]12C. The largest absolute Gasteiger partial charge is 0.462 e. The van der Waals surface area contributed by atoms with Crippen LogP contribution in [0, 0.1) is 40.4 Å². The highest BCUT2D eigenvalue weighted by molar-refractivity contribution is 5.71. The summed E-state index contributed by atoms with van der Waals surface area (Å²) in [5.74, 6) is 2.55. The van der Waals surface area contributed by atoms with E-state index >= 15 is 0 Å². The second-order valence-corrected chi connectivity index (χ2v) is 13.5. The molecule has 35 heavy (non-hydrogen) atoms. The Hall–Kier alpha value is -1.10. The summed E-state index contributed by atoms with van der Waals surface area (Å²) in [7, 11) is 0. The molecule has 5 aliphatic rings. The molecule has 0 aromatic carbocycles. The molecule has 0 spiro atoms. The molecule has 9 atom stereocenters. The van der Waals surface area contributed by atoms with Crippen LogP contribution in [0.15, 0.2) is 0 Å². The predicted molar refractivity (Wildman–Crippen MR) is 137 cm³/mol. The fourth-order valence-electron chi connectivity index (χ4n) is 9.79. The fraction of sp³-hybridized carbons (Fsp3) is 0.933. The zero-order valence-electron chi connectivity index (χ0n) is 22.9. The summed E-state index contributed by atoms with van der Waals surface area (Å²) in [6.07, 6.45) is 13.4. The molecule has 5 heteroatoms. The first-order valence-corrected chi connectivity index (χ1v) is 14.8. The summed E-state index contributed by atoms with van der Waals surface area (Å²) in [4.78, 5) is 27.2. The van der Waals surface area contributed by atoms with Gasteiger partial charge in [-0.25, -0.2) is 0 Å². The number of ether oxygens (including phenoxy) is 2. The molecule has 0 radical (unpaired) electrons. The monoisotopic (exact) mass is 487 g/mol. The number of fused-ring (bicyclic) bond motifs is 5. The smallest absolute Gasteiger partial charge is 0.308 e. The van der Waals surface area contributed by atoms with E-state index in [1.54, 1.807) is 6.92 Å². The fourth-order valence-corrected chi connectivity index (χ4v) is 9.79. The van der Waals surface area contributed by atoms with Gasteiger partial charge in [0.05, 0.1) is 5.92 Å². The number of hydrogen-bond donors (Lipinski definition) is 0. The van der Waals surface area contributed by atoms with Crippen molar-refractivity contribution in [2.24, 2.45) is 40.4 Å². The molecule has 0 amide bonds. The van der Waals surface area contributed by atoms with Crippen molar-refractivity contribution in [2.45, 2.75) is 123 Å². The molecule has 0 bridgehead atoms. The van der Waals surface area contributed by atoms with Crippen molar-refractivity contribution >= 4 is 11.9 Å². The third-order valence-corrected chi connectivity index (χ3v) is 11.5. The van der Waals surface area contributed by atoms with Crippen molar-refractivity contribution in [1.82, 2.24) is 4.90 Å². The number of piperidine rings is 1. The molecule has 0 aromatic rings. The van der Waals surface area contributed by atoms with Gasteiger partial charge in [-0.15, -0.1) is 0 Å². The van der Waals surface area contributed by atoms with Crippen LogP contribution in [-0.2, 0) is 19.1 Å². The van der Waals surface area contributed by atoms with Crippen molar-refractivity contribution in [2.75, 3.05) is 13.1 Å². The van der Waals surface area contributed by atoms with Gasteiger partial charge in [0, 0.05) is 24.8 Å². The van der Waals surface area contributed by atoms with Crippen molar-refractivity contribution in [3.8, 4) is 0 Å². The summed E-state index contributed by atoms with van der Waals surface area (Å²) >= 11 is 0. The minimum absolute atomic E-state index is 0.0272. The van der Waals surface area contributed by atoms with Gasteiger partial charge in [0.15, 0.2) is 0 Å². The lowest BCUT2D eigenvalue weighted by Gasteiger charge is -2.64. The van der Waals surface area contributed by atoms with Crippen LogP contribution in [0.25, 0.3) is 0 Å². The van der Waals surface area contributed by atoms with Gasteiger partial charge in [0.1, 0.15) is 12.2 Å². The number of rotatable bonds is 4. The zero-order chi connectivity index (χ0) is 25.0. The highest BCUT2D eigenvalue weighted by Gasteiger charge is 2.64. The maximum Gasteiger partial charge on any atom is 0.308 e. The number of carbonyl (C=O) groups is 2. The second-order valence-electron chi connectivity index (χ2n) is 13.5. The Morgan fingerprint density at radius 3 is 2.31 bits per heavy atom. The van der Waals surface area contributed by atoms with E-state index in [0.29, 0.717) is 17.9 Å². The van der Waals surface area contributed by atoms with E-state index in [9.17, 15) is 9.59 Å². The van der Waals surface area contributed by atoms with Crippen LogP contribution >= 0.6 is 0 Å². The van der Waals surface area contributed by atoms with E-state index < -0.39 is 0 Å². The molecule has 5 rings (SSSR count). The Balaban J connectivity index is 1.42. The van der Waals surface area contributed by atoms with Crippen molar-refractivity contribution in [3.63, 3.8) is 0 Å². The quantitative estimate of drug-likeness (QED) is 0.456. The third kappa shape index (κ3) is 4.36. The van der Waals surface area contributed by atoms with Gasteiger partial charge in [0.25, 0.3) is 0 Å². The molecule has 1 saturated heterocycles. The number of carbonyl (C=O) groups excluding carboxylic acids is 2. The van der Waals surface area contributed by atoms with Crippen LogP contribution in [0.1, 0.15) is 105 Å². The Morgan fingerprint density at radius 1 is 0.886 bits per heavy atom. The lowest BCUT2D eigenvalue weighted by Crippen LogP contribution is -2.64. The van der Waals surface area contributed by atoms with Crippen LogP contribution in [-0.4, -0.2) is 48.2 Å². The second kappa shape index (κ2) is 9.65. The molecule has 5 fully saturated rings. The van der Waals surface area contributed by atoms with E-state index in [1.807, 2.05) is 13.8 Å². The molecule has 0 aromatic heterocycles. The van der Waals surface area contributed by atoms with Crippen LogP contribution in [0.3, 0.4) is 0 Å². The Kier molecular flexibility index (Phi) is 7.04. The average Bonchev–Trinajstić information content (AvgIpc) is 3.15. The van der Waals surface area contributed by atoms with Crippen LogP contribution < -0.4 is 0 Å². The summed E-state index contributed by atoms with van der Waals surface area (Å²) in [5, 5.41) is 0. The van der Waals surface area contributed by atoms with E-state index in [2.05, 4.69) is 18.7 Å². The predicted octanol–water partition coefficient (Wildman–Crippen LogP) is 5.99. The van der Waals surface area contributed by atoms with E-state index in [1.165, 1.54) is 64.5 Å². The normalized spacial score (nSPS) is 45.8. The molecule has 4 aliphatic carbocycles. The Bertz CT molecular complexity index is 806. The van der Waals surface area contributed by atoms with Crippen LogP contribution in [0.4, 0.5) is 0 Å². The van der Waals surface area contributed by atoms with Crippen molar-refractivity contribution in [3.05, 3.63) is 0 Å². The minimum Gasteiger partial charge on any atom is -0.462 e. The number of esters is 2. The number of hydrogen-bond acceptors (Lipinski definition) is 5. The highest BCUT2D eigenvalue weighted by Crippen LogP contribution is 2.67. The molecular formula is C30H49NO4. The molecule has 1 aliphatic heterocycles. The van der Waals surface area contributed by atoms with Crippen LogP contribution in [0.2, 0.25) is 0 Å². The van der Waals surface area contributed by atoms with Gasteiger partial charge in [-0.2, -0.15) is 0 Å². The Labute approximate surface area is 213 Å². The average molecular weight is 488 g/mol. The molecule has 1 unspecified atom stereocenters. The molecular weight excluding hydrogens is 438 g/mol. The van der Waals surface area contributed by atoms with Crippen molar-refractivity contribution < 1.29 is 19.1 Å². The zero-order valence-corrected chi connectivity index (χ0v) is 22.9. The molecule has 4 saturated carbocycles. The van der Waals surface area contributed by atoms with Gasteiger partial charge in [-0.3, -0.25) is 14.5 Å². The lowest BCUT2D eigenvalue weighted by atomic mass is 9.43. The van der Waals surface area contributed by atoms with Gasteiger partial charge in [0.2, 0.25) is 0 Å². The van der Waals surface area contributed by atoms with E-state index in [-0.39, 0.29) is 40.9 Å². The first-order valence-electron chi connectivity index (χ1n) is 14.8. The van der Waals surface area contributed by atoms with Crippen molar-refractivity contribution in [1.29, 1.82) is 0 Å². The Morgan fingerprint density at radius 2 is 1.63 bits per heavy atom. The first kappa shape index (κ1) is 25.5. The third-order valence-electron chi connectivity index (χ3n) is 11.5. The van der Waals surface area contributed by atoms with E-state index in [0.717, 1.165) is 31.1 Å². The van der Waals surface area contributed by atoms with Gasteiger partial charge in [-0.1, -0.05) is 34.1 Å². The number of nitrogens with zero attached hydrogens (tertiary/aromatic N) is 1. The molecule has 1 heterocycles. The molecule has 198 valence electrons. The summed E-state index contributed by atoms with van der Waals surface area (Å²) in [6.45, 7) is 12.9. The van der Waals surface area contributed by atoms with Gasteiger partial charge in [-0.05, 0) is 100.0 Å². The molecule has 5 nitrogen and oxygen atoms in total. The van der Waals surface area contributed by atoms with Gasteiger partial charge >= 0.3 is 11.9 Å². The first-order chi connectivity index (χ1) is 16.6. The maximum absolute atomic E-state index is 12.6.